The van der Waals surface area contributed by atoms with Gasteiger partial charge < -0.3 is 4.74 Å². The molecule has 134 valence electrons. The molecule has 22 heavy (non-hydrogen) atoms. The molecule has 0 aliphatic heterocycles. The van der Waals surface area contributed by atoms with Crippen molar-refractivity contribution in [3.05, 3.63) is 0 Å². The summed E-state index contributed by atoms with van der Waals surface area (Å²) in [5.41, 5.74) is 0. The lowest BCUT2D eigenvalue weighted by atomic mass is 10.1. The van der Waals surface area contributed by atoms with Crippen LogP contribution < -0.4 is 0 Å². The molecule has 0 rings (SSSR count). The van der Waals surface area contributed by atoms with Crippen molar-refractivity contribution in [3.63, 3.8) is 0 Å². The first-order valence-electron chi connectivity index (χ1n) is 8.40. The van der Waals surface area contributed by atoms with Gasteiger partial charge in [0, 0.05) is 6.61 Å². The molecule has 0 saturated carbocycles. The van der Waals surface area contributed by atoms with Crippen LogP contribution in [0.3, 0.4) is 0 Å². The molecule has 0 amide bonds. The average Bonchev–Trinajstić information content (AvgIpc) is 2.49. The van der Waals surface area contributed by atoms with E-state index in [1.807, 2.05) is 6.92 Å². The third kappa shape index (κ3) is 16.2. The van der Waals surface area contributed by atoms with Gasteiger partial charge in [0.15, 0.2) is 0 Å². The van der Waals surface area contributed by atoms with Gasteiger partial charge in [-0.3, -0.25) is 0 Å². The lowest BCUT2D eigenvalue weighted by Gasteiger charge is -2.05. The van der Waals surface area contributed by atoms with Crippen molar-refractivity contribution in [3.8, 4) is 0 Å². The van der Waals surface area contributed by atoms with E-state index in [1.54, 1.807) is 0 Å². The summed E-state index contributed by atoms with van der Waals surface area (Å²) in [5.74, 6) is 0. The normalized spacial score (nSPS) is 11.9. The molecule has 0 heterocycles. The summed E-state index contributed by atoms with van der Waals surface area (Å²) in [6.45, 7) is 4.93. The monoisotopic (exact) mass is 340 g/mol. The standard InChI is InChI=1S/C15H32O6S/c1-3-5-6-7-8-9-10-11-12-13-19-21-22(16,17)20-15-14-18-4-2/h3-15H2,1-2H3. The molecule has 0 bridgehead atoms. The Hall–Kier alpha value is -0.210. The van der Waals surface area contributed by atoms with Crippen molar-refractivity contribution < 1.29 is 26.6 Å². The van der Waals surface area contributed by atoms with Gasteiger partial charge in [0.2, 0.25) is 0 Å². The molecule has 7 heteroatoms. The average molecular weight is 340 g/mol. The van der Waals surface area contributed by atoms with E-state index in [-0.39, 0.29) is 19.8 Å². The minimum absolute atomic E-state index is 0.0719. The van der Waals surface area contributed by atoms with Crippen LogP contribution >= 0.6 is 0 Å². The Morgan fingerprint density at radius 2 is 1.32 bits per heavy atom. The molecule has 0 N–H and O–H groups in total. The van der Waals surface area contributed by atoms with Gasteiger partial charge >= 0.3 is 10.4 Å². The van der Waals surface area contributed by atoms with Gasteiger partial charge in [0.05, 0.1) is 19.8 Å². The van der Waals surface area contributed by atoms with Crippen LogP contribution in [-0.4, -0.2) is 34.8 Å². The Labute approximate surface area is 135 Å². The SMILES string of the molecule is CCCCCCCCCCCOOS(=O)(=O)OCCOCC. The van der Waals surface area contributed by atoms with Gasteiger partial charge in [0.25, 0.3) is 0 Å². The first kappa shape index (κ1) is 21.8. The zero-order valence-corrected chi connectivity index (χ0v) is 14.9. The number of ether oxygens (including phenoxy) is 1. The van der Waals surface area contributed by atoms with E-state index in [0.29, 0.717) is 6.61 Å². The molecule has 0 aliphatic carbocycles. The van der Waals surface area contributed by atoms with Crippen LogP contribution in [0.4, 0.5) is 0 Å². The highest BCUT2D eigenvalue weighted by Crippen LogP contribution is 2.09. The first-order chi connectivity index (χ1) is 10.6. The van der Waals surface area contributed by atoms with E-state index in [4.69, 9.17) is 4.74 Å². The minimum atomic E-state index is -4.07. The molecule has 0 aliphatic rings. The molecule has 0 saturated heterocycles. The number of hydrogen-bond acceptors (Lipinski definition) is 6. The second-order valence-electron chi connectivity index (χ2n) is 5.15. The molecular formula is C15H32O6S. The van der Waals surface area contributed by atoms with Crippen molar-refractivity contribution in [2.75, 3.05) is 26.4 Å². The second kappa shape index (κ2) is 15.7. The third-order valence-electron chi connectivity index (χ3n) is 3.12. The lowest BCUT2D eigenvalue weighted by Crippen LogP contribution is -2.14. The molecule has 0 aromatic carbocycles. The molecular weight excluding hydrogens is 308 g/mol. The fourth-order valence-corrected chi connectivity index (χ4v) is 2.42. The largest absolute Gasteiger partial charge is 0.426 e. The van der Waals surface area contributed by atoms with Crippen LogP contribution in [0.25, 0.3) is 0 Å². The van der Waals surface area contributed by atoms with Gasteiger partial charge in [-0.25, -0.2) is 9.07 Å². The first-order valence-corrected chi connectivity index (χ1v) is 9.74. The summed E-state index contributed by atoms with van der Waals surface area (Å²) in [6.07, 6.45) is 10.7. The van der Waals surface area contributed by atoms with E-state index in [9.17, 15) is 8.42 Å². The molecule has 0 aromatic rings. The van der Waals surface area contributed by atoms with Crippen molar-refractivity contribution >= 4 is 10.4 Å². The Morgan fingerprint density at radius 1 is 0.727 bits per heavy atom. The van der Waals surface area contributed by atoms with Gasteiger partial charge in [0.1, 0.15) is 0 Å². The Kier molecular flexibility index (Phi) is 15.5. The van der Waals surface area contributed by atoms with Gasteiger partial charge in [-0.05, 0) is 13.3 Å². The zero-order chi connectivity index (χ0) is 16.5. The summed E-state index contributed by atoms with van der Waals surface area (Å²) in [5, 5.41) is 0. The van der Waals surface area contributed by atoms with Crippen LogP contribution in [0.5, 0.6) is 0 Å². The Morgan fingerprint density at radius 3 is 1.91 bits per heavy atom. The van der Waals surface area contributed by atoms with E-state index < -0.39 is 10.4 Å². The lowest BCUT2D eigenvalue weighted by molar-refractivity contribution is -0.210. The van der Waals surface area contributed by atoms with Crippen LogP contribution in [0.1, 0.15) is 71.6 Å². The van der Waals surface area contributed by atoms with Crippen LogP contribution in [0.15, 0.2) is 0 Å². The summed E-state index contributed by atoms with van der Waals surface area (Å²) in [6, 6.07) is 0. The fraction of sp³-hybridized carbons (Fsp3) is 1.00. The smallest absolute Gasteiger partial charge is 0.379 e. The predicted molar refractivity (Wildman–Crippen MR) is 85.6 cm³/mol. The highest BCUT2D eigenvalue weighted by Gasteiger charge is 2.12. The maximum absolute atomic E-state index is 11.2. The quantitative estimate of drug-likeness (QED) is 0.228. The Bertz CT molecular complexity index is 318. The van der Waals surface area contributed by atoms with Crippen LogP contribution in [0, 0.1) is 0 Å². The summed E-state index contributed by atoms with van der Waals surface area (Å²) >= 11 is 0. The summed E-state index contributed by atoms with van der Waals surface area (Å²) in [4.78, 5) is 4.66. The second-order valence-corrected chi connectivity index (χ2v) is 6.33. The predicted octanol–water partition coefficient (Wildman–Crippen LogP) is 3.76. The van der Waals surface area contributed by atoms with Crippen molar-refractivity contribution in [1.82, 2.24) is 0 Å². The number of rotatable bonds is 17. The highest BCUT2D eigenvalue weighted by molar-refractivity contribution is 7.81. The van der Waals surface area contributed by atoms with Crippen molar-refractivity contribution in [2.24, 2.45) is 0 Å². The maximum atomic E-state index is 11.2. The van der Waals surface area contributed by atoms with E-state index in [2.05, 4.69) is 20.3 Å². The van der Waals surface area contributed by atoms with Crippen LogP contribution in [0.2, 0.25) is 0 Å². The molecule has 0 spiro atoms. The number of hydrogen-bond donors (Lipinski definition) is 0. The highest BCUT2D eigenvalue weighted by atomic mass is 32.3. The van der Waals surface area contributed by atoms with Gasteiger partial charge in [-0.2, -0.15) is 8.42 Å². The van der Waals surface area contributed by atoms with Crippen molar-refractivity contribution in [2.45, 2.75) is 71.6 Å². The zero-order valence-electron chi connectivity index (χ0n) is 14.1. The van der Waals surface area contributed by atoms with E-state index >= 15 is 0 Å². The summed E-state index contributed by atoms with van der Waals surface area (Å²) in [7, 11) is -4.07. The molecule has 0 radical (unpaired) electrons. The van der Waals surface area contributed by atoms with Crippen LogP contribution in [-0.2, 0) is 28.5 Å². The number of unbranched alkanes of at least 4 members (excludes halogenated alkanes) is 8. The molecule has 0 aromatic heterocycles. The molecule has 0 fully saturated rings. The topological polar surface area (TPSA) is 71.1 Å². The van der Waals surface area contributed by atoms with Gasteiger partial charge in [-0.15, -0.1) is 0 Å². The van der Waals surface area contributed by atoms with Crippen molar-refractivity contribution in [1.29, 1.82) is 0 Å². The fourth-order valence-electron chi connectivity index (χ4n) is 1.92. The van der Waals surface area contributed by atoms with Gasteiger partial charge in [-0.1, -0.05) is 62.6 Å². The molecule has 6 nitrogen and oxygen atoms in total. The molecule has 0 unspecified atom stereocenters. The van der Waals surface area contributed by atoms with E-state index in [0.717, 1.165) is 19.3 Å². The van der Waals surface area contributed by atoms with E-state index in [1.165, 1.54) is 38.5 Å². The molecule has 0 atom stereocenters. The maximum Gasteiger partial charge on any atom is 0.426 e. The Balaban J connectivity index is 3.30. The summed E-state index contributed by atoms with van der Waals surface area (Å²) < 4.78 is 36.2. The minimum Gasteiger partial charge on any atom is -0.379 e. The third-order valence-corrected chi connectivity index (χ3v) is 3.84.